The van der Waals surface area contributed by atoms with E-state index in [4.69, 9.17) is 0 Å². The normalized spacial score (nSPS) is 12.4. The van der Waals surface area contributed by atoms with Crippen molar-refractivity contribution in [2.75, 3.05) is 5.75 Å². The number of hydrogen-bond acceptors (Lipinski definition) is 4. The van der Waals surface area contributed by atoms with Crippen LogP contribution in [0, 0.1) is 11.6 Å². The lowest BCUT2D eigenvalue weighted by atomic mass is 10.2. The van der Waals surface area contributed by atoms with E-state index in [1.54, 1.807) is 30.3 Å². The number of benzene rings is 2. The first-order chi connectivity index (χ1) is 13.3. The molecule has 0 fully saturated rings. The van der Waals surface area contributed by atoms with Crippen molar-refractivity contribution in [1.29, 1.82) is 0 Å². The maximum absolute atomic E-state index is 14.2. The molecule has 0 bridgehead atoms. The first-order valence-corrected chi connectivity index (χ1v) is 10.8. The van der Waals surface area contributed by atoms with E-state index in [-0.39, 0.29) is 27.3 Å². The molecule has 0 aliphatic rings. The number of carbonyl (C=O) groups is 1. The summed E-state index contributed by atoms with van der Waals surface area (Å²) < 4.78 is 53.8. The highest BCUT2D eigenvalue weighted by molar-refractivity contribution is 7.91. The number of fused-ring (bicyclic) bond motifs is 1. The van der Waals surface area contributed by atoms with Crippen molar-refractivity contribution < 1.29 is 22.0 Å². The Balaban J connectivity index is 1.95. The molecule has 1 heterocycles. The van der Waals surface area contributed by atoms with Crippen molar-refractivity contribution in [3.63, 3.8) is 0 Å². The largest absolute Gasteiger partial charge is 0.310 e. The lowest BCUT2D eigenvalue weighted by Gasteiger charge is -2.03. The predicted octanol–water partition coefficient (Wildman–Crippen LogP) is 3.21. The van der Waals surface area contributed by atoms with Crippen LogP contribution < -0.4 is 4.80 Å². The molecule has 2 aromatic carbocycles. The number of amides is 1. The SMILES string of the molecule is C=CCn1c(=NC(=O)CS(=O)(=O)Cc2ccccc2)sc2cc(F)cc(F)c21. The van der Waals surface area contributed by atoms with Crippen molar-refractivity contribution in [3.8, 4) is 0 Å². The second-order valence-electron chi connectivity index (χ2n) is 6.04. The average Bonchev–Trinajstić information content (AvgIpc) is 2.92. The van der Waals surface area contributed by atoms with Crippen LogP contribution >= 0.6 is 11.3 Å². The van der Waals surface area contributed by atoms with Gasteiger partial charge in [-0.3, -0.25) is 4.79 Å². The van der Waals surface area contributed by atoms with Crippen LogP contribution in [0.3, 0.4) is 0 Å². The number of thiazole rings is 1. The van der Waals surface area contributed by atoms with Gasteiger partial charge in [0.15, 0.2) is 20.5 Å². The maximum atomic E-state index is 14.2. The molecule has 146 valence electrons. The van der Waals surface area contributed by atoms with Gasteiger partial charge in [-0.05, 0) is 11.6 Å². The molecule has 0 radical (unpaired) electrons. The molecule has 3 rings (SSSR count). The number of carbonyl (C=O) groups excluding carboxylic acids is 1. The molecule has 0 N–H and O–H groups in total. The minimum absolute atomic E-state index is 0.0827. The zero-order valence-corrected chi connectivity index (χ0v) is 16.3. The summed E-state index contributed by atoms with van der Waals surface area (Å²) in [6.07, 6.45) is 1.48. The van der Waals surface area contributed by atoms with Gasteiger partial charge in [0.2, 0.25) is 0 Å². The first kappa shape index (κ1) is 20.1. The van der Waals surface area contributed by atoms with E-state index in [0.29, 0.717) is 5.56 Å². The number of aromatic nitrogens is 1. The molecule has 5 nitrogen and oxygen atoms in total. The Morgan fingerprint density at radius 1 is 1.21 bits per heavy atom. The van der Waals surface area contributed by atoms with Crippen molar-refractivity contribution in [2.24, 2.45) is 4.99 Å². The highest BCUT2D eigenvalue weighted by Crippen LogP contribution is 2.22. The molecule has 9 heteroatoms. The quantitative estimate of drug-likeness (QED) is 0.573. The second kappa shape index (κ2) is 8.15. The molecule has 0 saturated carbocycles. The van der Waals surface area contributed by atoms with E-state index in [9.17, 15) is 22.0 Å². The van der Waals surface area contributed by atoms with E-state index in [1.807, 2.05) is 0 Å². The minimum Gasteiger partial charge on any atom is -0.310 e. The Bertz CT molecular complexity index is 1210. The zero-order valence-electron chi connectivity index (χ0n) is 14.6. The summed E-state index contributed by atoms with van der Waals surface area (Å²) >= 11 is 0.903. The molecule has 3 aromatic rings. The van der Waals surface area contributed by atoms with Gasteiger partial charge in [-0.25, -0.2) is 17.2 Å². The Kier molecular flexibility index (Phi) is 5.85. The summed E-state index contributed by atoms with van der Waals surface area (Å²) in [7, 11) is -3.73. The molecule has 0 aliphatic carbocycles. The molecule has 28 heavy (non-hydrogen) atoms. The molecule has 0 atom stereocenters. The van der Waals surface area contributed by atoms with Crippen LogP contribution in [0.25, 0.3) is 10.2 Å². The lowest BCUT2D eigenvalue weighted by Crippen LogP contribution is -2.21. The summed E-state index contributed by atoms with van der Waals surface area (Å²) in [5, 5.41) is 0. The third-order valence-corrected chi connectivity index (χ3v) is 6.29. The fraction of sp³-hybridized carbons (Fsp3) is 0.158. The molecule has 0 unspecified atom stereocenters. The monoisotopic (exact) mass is 422 g/mol. The van der Waals surface area contributed by atoms with Crippen LogP contribution in [0.4, 0.5) is 8.78 Å². The van der Waals surface area contributed by atoms with E-state index in [0.717, 1.165) is 23.5 Å². The summed E-state index contributed by atoms with van der Waals surface area (Å²) in [6, 6.07) is 10.4. The van der Waals surface area contributed by atoms with Crippen LogP contribution in [-0.4, -0.2) is 24.6 Å². The van der Waals surface area contributed by atoms with Crippen molar-refractivity contribution in [2.45, 2.75) is 12.3 Å². The first-order valence-electron chi connectivity index (χ1n) is 8.20. The van der Waals surface area contributed by atoms with Crippen LogP contribution in [-0.2, 0) is 26.9 Å². The summed E-state index contributed by atoms with van der Waals surface area (Å²) in [4.78, 5) is 16.2. The second-order valence-corrected chi connectivity index (χ2v) is 9.12. The summed E-state index contributed by atoms with van der Waals surface area (Å²) in [6.45, 7) is 3.71. The predicted molar refractivity (Wildman–Crippen MR) is 104 cm³/mol. The summed E-state index contributed by atoms with van der Waals surface area (Å²) in [5.41, 5.74) is 0.654. The van der Waals surface area contributed by atoms with Gasteiger partial charge in [-0.2, -0.15) is 4.99 Å². The number of halogens is 2. The van der Waals surface area contributed by atoms with Crippen LogP contribution in [0.2, 0.25) is 0 Å². The molecule has 1 aromatic heterocycles. The van der Waals surface area contributed by atoms with Crippen molar-refractivity contribution >= 4 is 37.3 Å². The minimum atomic E-state index is -3.73. The van der Waals surface area contributed by atoms with E-state index in [2.05, 4.69) is 11.6 Å². The Labute approximate surface area is 164 Å². The fourth-order valence-corrected chi connectivity index (χ4v) is 5.06. The third kappa shape index (κ3) is 4.60. The van der Waals surface area contributed by atoms with Crippen molar-refractivity contribution in [1.82, 2.24) is 4.57 Å². The Morgan fingerprint density at radius 2 is 1.93 bits per heavy atom. The topological polar surface area (TPSA) is 68.5 Å². The van der Waals surface area contributed by atoms with E-state index in [1.165, 1.54) is 10.6 Å². The molecule has 0 aliphatic heterocycles. The maximum Gasteiger partial charge on any atom is 0.263 e. The van der Waals surface area contributed by atoms with Gasteiger partial charge in [0.25, 0.3) is 5.91 Å². The molecule has 1 amide bonds. The van der Waals surface area contributed by atoms with E-state index < -0.39 is 33.1 Å². The Hall–Kier alpha value is -2.65. The van der Waals surface area contributed by atoms with Gasteiger partial charge >= 0.3 is 0 Å². The van der Waals surface area contributed by atoms with E-state index >= 15 is 0 Å². The van der Waals surface area contributed by atoms with Crippen LogP contribution in [0.15, 0.2) is 60.1 Å². The molecular weight excluding hydrogens is 406 g/mol. The van der Waals surface area contributed by atoms with Gasteiger partial charge in [-0.1, -0.05) is 47.7 Å². The molecule has 0 saturated heterocycles. The number of sulfone groups is 1. The van der Waals surface area contributed by atoms with Gasteiger partial charge in [-0.15, -0.1) is 6.58 Å². The number of nitrogens with zero attached hydrogens (tertiary/aromatic N) is 2. The summed E-state index contributed by atoms with van der Waals surface area (Å²) in [5.74, 6) is -3.48. The van der Waals surface area contributed by atoms with Gasteiger partial charge < -0.3 is 4.57 Å². The number of allylic oxidation sites excluding steroid dienone is 1. The fourth-order valence-electron chi connectivity index (χ4n) is 2.72. The standard InChI is InChI=1S/C19H16F2N2O3S2/c1-2-8-23-18-15(21)9-14(20)10-16(18)27-19(23)22-17(24)12-28(25,26)11-13-6-4-3-5-7-13/h2-7,9-10H,1,8,11-12H2. The molecule has 0 spiro atoms. The van der Waals surface area contributed by atoms with Gasteiger partial charge in [0.1, 0.15) is 11.6 Å². The zero-order chi connectivity index (χ0) is 20.3. The highest BCUT2D eigenvalue weighted by Gasteiger charge is 2.18. The smallest absolute Gasteiger partial charge is 0.263 e. The average molecular weight is 422 g/mol. The van der Waals surface area contributed by atoms with Gasteiger partial charge in [0, 0.05) is 12.6 Å². The molecular formula is C19H16F2N2O3S2. The van der Waals surface area contributed by atoms with Crippen molar-refractivity contribution in [3.05, 3.63) is 77.1 Å². The van der Waals surface area contributed by atoms with Crippen LogP contribution in [0.5, 0.6) is 0 Å². The third-order valence-electron chi connectivity index (χ3n) is 3.80. The Morgan fingerprint density at radius 3 is 2.61 bits per heavy atom. The van der Waals surface area contributed by atoms with Gasteiger partial charge in [0.05, 0.1) is 16.0 Å². The lowest BCUT2D eigenvalue weighted by molar-refractivity contribution is -0.115. The number of rotatable bonds is 6. The van der Waals surface area contributed by atoms with Crippen LogP contribution in [0.1, 0.15) is 5.56 Å². The number of hydrogen-bond donors (Lipinski definition) is 0. The highest BCUT2D eigenvalue weighted by atomic mass is 32.2.